The molecule has 5 aromatic rings. The molecule has 10 heteroatoms. The molecule has 8 nitrogen and oxygen atoms in total. The van der Waals surface area contributed by atoms with E-state index in [1.807, 2.05) is 42.5 Å². The molecule has 0 aliphatic rings. The zero-order valence-electron chi connectivity index (χ0n) is 20.3. The number of thiazole rings is 1. The summed E-state index contributed by atoms with van der Waals surface area (Å²) in [5.74, 6) is -0.447. The van der Waals surface area contributed by atoms with Gasteiger partial charge in [-0.3, -0.25) is 10.1 Å². The second-order valence-corrected chi connectivity index (χ2v) is 11.2. The number of aromatic nitrogens is 1. The molecule has 5 rings (SSSR count). The Morgan fingerprint density at radius 2 is 1.71 bits per heavy atom. The molecule has 0 aliphatic heterocycles. The second-order valence-electron chi connectivity index (χ2n) is 8.42. The van der Waals surface area contributed by atoms with Gasteiger partial charge in [0.15, 0.2) is 5.13 Å². The van der Waals surface area contributed by atoms with Crippen molar-refractivity contribution >= 4 is 43.4 Å². The van der Waals surface area contributed by atoms with Gasteiger partial charge >= 0.3 is 5.63 Å². The van der Waals surface area contributed by atoms with E-state index in [-0.39, 0.29) is 17.0 Å². The molecule has 0 bridgehead atoms. The molecule has 0 saturated carbocycles. The Morgan fingerprint density at radius 1 is 1.00 bits per heavy atom. The van der Waals surface area contributed by atoms with Crippen LogP contribution in [0.15, 0.2) is 104 Å². The molecular formula is C28H23N3O5S2. The lowest BCUT2D eigenvalue weighted by Gasteiger charge is -2.20. The first-order valence-electron chi connectivity index (χ1n) is 11.8. The summed E-state index contributed by atoms with van der Waals surface area (Å²) in [6.07, 6.45) is 0. The van der Waals surface area contributed by atoms with Crippen molar-refractivity contribution in [1.29, 1.82) is 0 Å². The summed E-state index contributed by atoms with van der Waals surface area (Å²) in [6, 6.07) is 24.0. The van der Waals surface area contributed by atoms with Gasteiger partial charge in [-0.15, -0.1) is 11.3 Å². The molecule has 0 aliphatic carbocycles. The first-order valence-corrected chi connectivity index (χ1v) is 14.1. The standard InChI is InChI=1S/C28H23N3O5S2/c1-2-31(17-19-8-4-3-5-9-19)38(34,35)22-14-12-20(13-15-22)26(32)30-28-29-24(18-37-28)23-16-21-10-6-7-11-25(21)36-27(23)33/h3-16,18H,2,17H2,1H3,(H,29,30,32). The zero-order chi connectivity index (χ0) is 26.7. The lowest BCUT2D eigenvalue weighted by atomic mass is 10.1. The van der Waals surface area contributed by atoms with Crippen molar-refractivity contribution in [2.45, 2.75) is 18.4 Å². The van der Waals surface area contributed by atoms with Gasteiger partial charge in [0.25, 0.3) is 5.91 Å². The SMILES string of the molecule is CCN(Cc1ccccc1)S(=O)(=O)c1ccc(C(=O)Nc2nc(-c3cc4ccccc4oc3=O)cs2)cc1. The fourth-order valence-electron chi connectivity index (χ4n) is 3.95. The molecule has 0 fully saturated rings. The number of hydrogen-bond acceptors (Lipinski definition) is 7. The summed E-state index contributed by atoms with van der Waals surface area (Å²) in [6.45, 7) is 2.34. The predicted molar refractivity (Wildman–Crippen MR) is 148 cm³/mol. The third-order valence-electron chi connectivity index (χ3n) is 5.95. The molecule has 1 N–H and O–H groups in total. The third-order valence-corrected chi connectivity index (χ3v) is 8.64. The van der Waals surface area contributed by atoms with Crippen LogP contribution in [0, 0.1) is 0 Å². The Hall–Kier alpha value is -4.12. The van der Waals surface area contributed by atoms with E-state index in [1.54, 1.807) is 30.5 Å². The predicted octanol–water partition coefficient (Wildman–Crippen LogP) is 5.38. The summed E-state index contributed by atoms with van der Waals surface area (Å²) in [5, 5.41) is 5.44. The normalized spacial score (nSPS) is 11.6. The molecule has 0 atom stereocenters. The molecule has 2 aromatic heterocycles. The minimum absolute atomic E-state index is 0.103. The Balaban J connectivity index is 1.30. The number of carbonyl (C=O) groups excluding carboxylic acids is 1. The van der Waals surface area contributed by atoms with Gasteiger partial charge in [0.05, 0.1) is 16.2 Å². The number of para-hydroxylation sites is 1. The topological polar surface area (TPSA) is 110 Å². The van der Waals surface area contributed by atoms with Crippen molar-refractivity contribution in [3.63, 3.8) is 0 Å². The summed E-state index contributed by atoms with van der Waals surface area (Å²) >= 11 is 1.17. The van der Waals surface area contributed by atoms with Gasteiger partial charge in [0, 0.05) is 29.4 Å². The molecule has 38 heavy (non-hydrogen) atoms. The Labute approximate surface area is 223 Å². The van der Waals surface area contributed by atoms with E-state index >= 15 is 0 Å². The molecule has 192 valence electrons. The van der Waals surface area contributed by atoms with Crippen molar-refractivity contribution in [1.82, 2.24) is 9.29 Å². The largest absolute Gasteiger partial charge is 0.422 e. The fourth-order valence-corrected chi connectivity index (χ4v) is 6.09. The number of hydrogen-bond donors (Lipinski definition) is 1. The number of nitrogens with one attached hydrogen (secondary N) is 1. The lowest BCUT2D eigenvalue weighted by Crippen LogP contribution is -2.30. The number of benzene rings is 3. The van der Waals surface area contributed by atoms with E-state index in [9.17, 15) is 18.0 Å². The number of amides is 1. The van der Waals surface area contributed by atoms with Crippen molar-refractivity contribution in [3.05, 3.63) is 112 Å². The highest BCUT2D eigenvalue weighted by atomic mass is 32.2. The smallest absolute Gasteiger partial charge is 0.345 e. The van der Waals surface area contributed by atoms with Gasteiger partial charge in [-0.2, -0.15) is 4.31 Å². The first-order chi connectivity index (χ1) is 18.3. The van der Waals surface area contributed by atoms with Crippen molar-refractivity contribution in [2.24, 2.45) is 0 Å². The summed E-state index contributed by atoms with van der Waals surface area (Å²) in [5.41, 5.74) is 1.82. The van der Waals surface area contributed by atoms with Crippen LogP contribution >= 0.6 is 11.3 Å². The Bertz CT molecular complexity index is 1760. The van der Waals surface area contributed by atoms with Crippen LogP contribution in [-0.4, -0.2) is 30.2 Å². The van der Waals surface area contributed by atoms with Gasteiger partial charge < -0.3 is 4.42 Å². The molecule has 1 amide bonds. The number of anilines is 1. The van der Waals surface area contributed by atoms with Crippen LogP contribution in [0.5, 0.6) is 0 Å². The number of nitrogens with zero attached hydrogens (tertiary/aromatic N) is 2. The molecular weight excluding hydrogens is 522 g/mol. The maximum atomic E-state index is 13.2. The average Bonchev–Trinajstić information content (AvgIpc) is 3.40. The van der Waals surface area contributed by atoms with Gasteiger partial charge in [0.1, 0.15) is 5.58 Å². The highest BCUT2D eigenvalue weighted by Gasteiger charge is 2.23. The summed E-state index contributed by atoms with van der Waals surface area (Å²) < 4.78 is 33.1. The number of fused-ring (bicyclic) bond motifs is 1. The fraction of sp³-hybridized carbons (Fsp3) is 0.107. The van der Waals surface area contributed by atoms with Gasteiger partial charge in [-0.25, -0.2) is 18.2 Å². The van der Waals surface area contributed by atoms with E-state index in [2.05, 4.69) is 10.3 Å². The van der Waals surface area contributed by atoms with Crippen molar-refractivity contribution < 1.29 is 17.6 Å². The van der Waals surface area contributed by atoms with E-state index in [1.165, 1.54) is 39.9 Å². The van der Waals surface area contributed by atoms with Crippen LogP contribution in [0.3, 0.4) is 0 Å². The van der Waals surface area contributed by atoms with Crippen molar-refractivity contribution in [2.75, 3.05) is 11.9 Å². The highest BCUT2D eigenvalue weighted by Crippen LogP contribution is 2.26. The average molecular weight is 546 g/mol. The van der Waals surface area contributed by atoms with Crippen LogP contribution < -0.4 is 10.9 Å². The first kappa shape index (κ1) is 25.5. The van der Waals surface area contributed by atoms with Gasteiger partial charge in [-0.05, 0) is 42.0 Å². The van der Waals surface area contributed by atoms with Crippen molar-refractivity contribution in [3.8, 4) is 11.3 Å². The van der Waals surface area contributed by atoms with Crippen LogP contribution in [-0.2, 0) is 16.6 Å². The maximum absolute atomic E-state index is 13.2. The van der Waals surface area contributed by atoms with E-state index in [0.29, 0.717) is 28.5 Å². The monoisotopic (exact) mass is 545 g/mol. The molecule has 0 saturated heterocycles. The summed E-state index contributed by atoms with van der Waals surface area (Å²) in [4.78, 5) is 29.7. The van der Waals surface area contributed by atoms with Crippen LogP contribution in [0.1, 0.15) is 22.8 Å². The van der Waals surface area contributed by atoms with Gasteiger partial charge in [0.2, 0.25) is 10.0 Å². The maximum Gasteiger partial charge on any atom is 0.345 e. The minimum Gasteiger partial charge on any atom is -0.422 e. The number of rotatable bonds is 8. The Kier molecular flexibility index (Phi) is 7.19. The Morgan fingerprint density at radius 3 is 2.45 bits per heavy atom. The van der Waals surface area contributed by atoms with E-state index in [4.69, 9.17) is 4.42 Å². The number of carbonyl (C=O) groups is 1. The minimum atomic E-state index is -3.74. The summed E-state index contributed by atoms with van der Waals surface area (Å²) in [7, 11) is -3.74. The lowest BCUT2D eigenvalue weighted by molar-refractivity contribution is 0.102. The molecule has 0 spiro atoms. The number of sulfonamides is 1. The second kappa shape index (κ2) is 10.7. The quantitative estimate of drug-likeness (QED) is 0.262. The van der Waals surface area contributed by atoms with Gasteiger partial charge in [-0.1, -0.05) is 55.5 Å². The van der Waals surface area contributed by atoms with E-state index < -0.39 is 21.6 Å². The van der Waals surface area contributed by atoms with E-state index in [0.717, 1.165) is 10.9 Å². The molecule has 0 radical (unpaired) electrons. The molecule has 2 heterocycles. The zero-order valence-corrected chi connectivity index (χ0v) is 22.0. The van der Waals surface area contributed by atoms with Crippen LogP contribution in [0.4, 0.5) is 5.13 Å². The molecule has 3 aromatic carbocycles. The third kappa shape index (κ3) is 5.28. The highest BCUT2D eigenvalue weighted by molar-refractivity contribution is 7.89. The van der Waals surface area contributed by atoms with Crippen LogP contribution in [0.2, 0.25) is 0 Å². The molecule has 0 unspecified atom stereocenters. The van der Waals surface area contributed by atoms with Crippen LogP contribution in [0.25, 0.3) is 22.2 Å².